The quantitative estimate of drug-likeness (QED) is 0.476. The number of aryl methyl sites for hydroxylation is 1. The molecule has 0 amide bonds. The van der Waals surface area contributed by atoms with Crippen LogP contribution in [0, 0.1) is 12.7 Å². The van der Waals surface area contributed by atoms with Crippen molar-refractivity contribution in [1.29, 1.82) is 0 Å². The van der Waals surface area contributed by atoms with Crippen LogP contribution in [0.4, 0.5) is 10.3 Å². The van der Waals surface area contributed by atoms with Gasteiger partial charge < -0.3 is 5.73 Å². The zero-order valence-corrected chi connectivity index (χ0v) is 16.8. The molecule has 0 radical (unpaired) electrons. The highest BCUT2D eigenvalue weighted by Crippen LogP contribution is 2.35. The lowest BCUT2D eigenvalue weighted by Crippen LogP contribution is -2.06. The summed E-state index contributed by atoms with van der Waals surface area (Å²) in [6.07, 6.45) is 2.23. The van der Waals surface area contributed by atoms with Crippen molar-refractivity contribution in [2.24, 2.45) is 0 Å². The molecule has 0 saturated carbocycles. The van der Waals surface area contributed by atoms with Gasteiger partial charge in [0.2, 0.25) is 5.95 Å². The lowest BCUT2D eigenvalue weighted by Gasteiger charge is -2.12. The van der Waals surface area contributed by atoms with E-state index in [9.17, 15) is 4.39 Å². The highest BCUT2D eigenvalue weighted by atomic mass is 32.1. The van der Waals surface area contributed by atoms with Crippen molar-refractivity contribution in [3.63, 3.8) is 0 Å². The summed E-state index contributed by atoms with van der Waals surface area (Å²) in [7, 11) is 0. The van der Waals surface area contributed by atoms with Crippen molar-refractivity contribution in [2.45, 2.75) is 13.3 Å². The van der Waals surface area contributed by atoms with E-state index in [4.69, 9.17) is 10.7 Å². The van der Waals surface area contributed by atoms with Gasteiger partial charge in [0, 0.05) is 22.8 Å². The third-order valence-electron chi connectivity index (χ3n) is 4.68. The van der Waals surface area contributed by atoms with Gasteiger partial charge in [-0.25, -0.2) is 19.3 Å². The molecule has 0 aliphatic carbocycles. The van der Waals surface area contributed by atoms with Crippen LogP contribution in [0.15, 0.2) is 53.5 Å². The molecule has 148 valence electrons. The number of nitrogens with zero attached hydrogens (tertiary/aromatic N) is 6. The number of benzene rings is 1. The second kappa shape index (κ2) is 7.27. The molecule has 0 aliphatic rings. The number of nitrogen functional groups attached to an aromatic ring is 1. The zero-order chi connectivity index (χ0) is 20.7. The Kier molecular flexibility index (Phi) is 4.44. The number of pyridine rings is 1. The van der Waals surface area contributed by atoms with Crippen molar-refractivity contribution in [2.75, 3.05) is 5.73 Å². The van der Waals surface area contributed by atoms with Crippen molar-refractivity contribution < 1.29 is 4.39 Å². The molecule has 7 nitrogen and oxygen atoms in total. The summed E-state index contributed by atoms with van der Waals surface area (Å²) in [6, 6.07) is 10.00. The van der Waals surface area contributed by atoms with Gasteiger partial charge in [-0.3, -0.25) is 4.98 Å². The molecule has 30 heavy (non-hydrogen) atoms. The van der Waals surface area contributed by atoms with Gasteiger partial charge in [-0.15, -0.1) is 16.4 Å². The number of rotatable bonds is 4. The van der Waals surface area contributed by atoms with E-state index in [0.717, 1.165) is 28.1 Å². The van der Waals surface area contributed by atoms with Crippen LogP contribution >= 0.6 is 11.3 Å². The Morgan fingerprint density at radius 1 is 1.07 bits per heavy atom. The first-order valence-corrected chi connectivity index (χ1v) is 10.1. The Hall–Kier alpha value is -3.72. The van der Waals surface area contributed by atoms with Gasteiger partial charge in [0.25, 0.3) is 0 Å². The molecule has 4 aromatic heterocycles. The van der Waals surface area contributed by atoms with E-state index in [0.29, 0.717) is 23.6 Å². The van der Waals surface area contributed by atoms with Crippen LogP contribution < -0.4 is 5.73 Å². The normalized spacial score (nSPS) is 11.3. The standard InChI is InChI=1S/C21H16FN7S/c1-12-8-14(6-7-24-12)18-19(13-2-4-15(22)5-3-13)27-21(23)29-20(18)26-17(28-29)9-16-10-30-11-25-16/h2-8,10-11H,9H2,1H3,(H2,23,27). The summed E-state index contributed by atoms with van der Waals surface area (Å²) in [5.41, 5.74) is 13.3. The fourth-order valence-corrected chi connectivity index (χ4v) is 3.90. The van der Waals surface area contributed by atoms with Crippen LogP contribution in [-0.4, -0.2) is 29.5 Å². The van der Waals surface area contributed by atoms with Crippen molar-refractivity contribution in [3.8, 4) is 22.4 Å². The number of thiazole rings is 1. The fourth-order valence-electron chi connectivity index (χ4n) is 3.35. The van der Waals surface area contributed by atoms with Crippen LogP contribution in [0.5, 0.6) is 0 Å². The van der Waals surface area contributed by atoms with Gasteiger partial charge in [-0.2, -0.15) is 4.52 Å². The number of fused-ring (bicyclic) bond motifs is 1. The van der Waals surface area contributed by atoms with Crippen LogP contribution in [0.2, 0.25) is 0 Å². The number of hydrogen-bond acceptors (Lipinski definition) is 7. The minimum absolute atomic E-state index is 0.205. The van der Waals surface area contributed by atoms with Gasteiger partial charge in [0.1, 0.15) is 5.82 Å². The van der Waals surface area contributed by atoms with E-state index in [1.54, 1.807) is 28.4 Å². The molecule has 2 N–H and O–H groups in total. The monoisotopic (exact) mass is 417 g/mol. The molecule has 0 bridgehead atoms. The summed E-state index contributed by atoms with van der Waals surface area (Å²) in [4.78, 5) is 18.0. The molecule has 0 aliphatic heterocycles. The van der Waals surface area contributed by atoms with Crippen molar-refractivity contribution in [1.82, 2.24) is 29.5 Å². The van der Waals surface area contributed by atoms with E-state index < -0.39 is 0 Å². The summed E-state index contributed by atoms with van der Waals surface area (Å²) in [5, 5.41) is 6.51. The second-order valence-electron chi connectivity index (χ2n) is 6.81. The van der Waals surface area contributed by atoms with Gasteiger partial charge in [0.05, 0.1) is 28.9 Å². The second-order valence-corrected chi connectivity index (χ2v) is 7.53. The summed E-state index contributed by atoms with van der Waals surface area (Å²) >= 11 is 1.52. The largest absolute Gasteiger partial charge is 0.368 e. The Morgan fingerprint density at radius 2 is 1.90 bits per heavy atom. The first kappa shape index (κ1) is 18.3. The molecule has 0 unspecified atom stereocenters. The predicted molar refractivity (Wildman–Crippen MR) is 113 cm³/mol. The summed E-state index contributed by atoms with van der Waals surface area (Å²) < 4.78 is 15.1. The lowest BCUT2D eigenvalue weighted by atomic mass is 10.0. The number of anilines is 1. The molecule has 9 heteroatoms. The highest BCUT2D eigenvalue weighted by molar-refractivity contribution is 7.07. The molecule has 0 fully saturated rings. The molecule has 0 saturated heterocycles. The average molecular weight is 417 g/mol. The summed E-state index contributed by atoms with van der Waals surface area (Å²) in [5.74, 6) is 0.482. The predicted octanol–water partition coefficient (Wildman–Crippen LogP) is 3.93. The third kappa shape index (κ3) is 3.29. The highest BCUT2D eigenvalue weighted by Gasteiger charge is 2.20. The number of nitrogens with two attached hydrogens (primary N) is 1. The molecular weight excluding hydrogens is 401 g/mol. The van der Waals surface area contributed by atoms with E-state index in [2.05, 4.69) is 20.1 Å². The Balaban J connectivity index is 1.78. The third-order valence-corrected chi connectivity index (χ3v) is 5.32. The van der Waals surface area contributed by atoms with Crippen LogP contribution in [-0.2, 0) is 6.42 Å². The average Bonchev–Trinajstić information content (AvgIpc) is 3.39. The number of aromatic nitrogens is 6. The number of hydrogen-bond donors (Lipinski definition) is 1. The van der Waals surface area contributed by atoms with E-state index >= 15 is 0 Å². The minimum Gasteiger partial charge on any atom is -0.368 e. The Labute approximate surface area is 175 Å². The van der Waals surface area contributed by atoms with Gasteiger partial charge in [-0.05, 0) is 48.9 Å². The van der Waals surface area contributed by atoms with Crippen LogP contribution in [0.3, 0.4) is 0 Å². The molecule has 5 aromatic rings. The lowest BCUT2D eigenvalue weighted by molar-refractivity contribution is 0.628. The molecular formula is C21H16FN7S. The van der Waals surface area contributed by atoms with E-state index in [-0.39, 0.29) is 11.8 Å². The zero-order valence-electron chi connectivity index (χ0n) is 16.0. The van der Waals surface area contributed by atoms with E-state index in [1.807, 2.05) is 24.4 Å². The Bertz CT molecular complexity index is 1340. The Morgan fingerprint density at radius 3 is 2.63 bits per heavy atom. The first-order valence-electron chi connectivity index (χ1n) is 9.19. The topological polar surface area (TPSA) is 94.9 Å². The minimum atomic E-state index is -0.317. The molecule has 0 spiro atoms. The van der Waals surface area contributed by atoms with Gasteiger partial charge >= 0.3 is 0 Å². The number of halogens is 1. The van der Waals surface area contributed by atoms with Gasteiger partial charge in [0.15, 0.2) is 11.5 Å². The molecule has 4 heterocycles. The van der Waals surface area contributed by atoms with Crippen LogP contribution in [0.1, 0.15) is 17.2 Å². The van der Waals surface area contributed by atoms with Crippen molar-refractivity contribution in [3.05, 3.63) is 76.5 Å². The maximum Gasteiger partial charge on any atom is 0.223 e. The molecule has 0 atom stereocenters. The maximum atomic E-state index is 13.5. The van der Waals surface area contributed by atoms with Crippen LogP contribution in [0.25, 0.3) is 28.0 Å². The summed E-state index contributed by atoms with van der Waals surface area (Å²) in [6.45, 7) is 1.92. The maximum absolute atomic E-state index is 13.5. The SMILES string of the molecule is Cc1cc(-c2c(-c3ccc(F)cc3)nc(N)n3nc(Cc4cscn4)nc23)ccn1. The van der Waals surface area contributed by atoms with Gasteiger partial charge in [-0.1, -0.05) is 0 Å². The fraction of sp³-hybridized carbons (Fsp3) is 0.0952. The molecule has 5 rings (SSSR count). The van der Waals surface area contributed by atoms with Crippen molar-refractivity contribution >= 4 is 22.9 Å². The first-order chi connectivity index (χ1) is 14.6. The van der Waals surface area contributed by atoms with E-state index in [1.165, 1.54) is 23.5 Å². The smallest absolute Gasteiger partial charge is 0.223 e. The molecule has 1 aromatic carbocycles.